The summed E-state index contributed by atoms with van der Waals surface area (Å²) in [4.78, 5) is 42.0. The molecule has 14 heteroatoms. The van der Waals surface area contributed by atoms with Gasteiger partial charge in [-0.3, -0.25) is 9.59 Å². The molecule has 31 heavy (non-hydrogen) atoms. The summed E-state index contributed by atoms with van der Waals surface area (Å²) >= 11 is 0. The van der Waals surface area contributed by atoms with Crippen LogP contribution in [0.25, 0.3) is 0 Å². The van der Waals surface area contributed by atoms with Gasteiger partial charge in [0.25, 0.3) is 21.8 Å². The Kier molecular flexibility index (Phi) is 6.89. The topological polar surface area (TPSA) is 238 Å². The van der Waals surface area contributed by atoms with Crippen LogP contribution in [0.4, 0.5) is 10.5 Å². The number of carbonyl (C=O) groups excluding carboxylic acids is 3. The maximum Gasteiger partial charge on any atom is 0.333 e. The fraction of sp³-hybridized carbons (Fsp3) is 0. The molecule has 0 atom stereocenters. The molecule has 2 aromatic carbocycles. The highest BCUT2D eigenvalue weighted by molar-refractivity contribution is 7.90. The van der Waals surface area contributed by atoms with Gasteiger partial charge in [-0.15, -0.1) is 0 Å². The first kappa shape index (κ1) is 22.8. The lowest BCUT2D eigenvalue weighted by atomic mass is 10.2. The number of urea groups is 1. The molecule has 0 aliphatic heterocycles. The van der Waals surface area contributed by atoms with Crippen LogP contribution >= 0.6 is 0 Å². The number of rotatable bonds is 5. The highest BCUT2D eigenvalue weighted by Gasteiger charge is 2.18. The third-order valence-corrected chi connectivity index (χ3v) is 4.81. The van der Waals surface area contributed by atoms with E-state index in [-0.39, 0.29) is 21.7 Å². The van der Waals surface area contributed by atoms with Gasteiger partial charge in [0.2, 0.25) is 0 Å². The SMILES string of the molecule is NC(N)=NC(=O)c1ccc(S(=O)(=O)NC(=O)Nc2cccc(C(=O)N=C(N)N)c2)cc1. The number of nitrogens with zero attached hydrogens (tertiary/aromatic N) is 2. The van der Waals surface area contributed by atoms with Gasteiger partial charge in [0.15, 0.2) is 11.9 Å². The van der Waals surface area contributed by atoms with Crippen molar-refractivity contribution in [3.8, 4) is 0 Å². The second-order valence-electron chi connectivity index (χ2n) is 5.85. The van der Waals surface area contributed by atoms with Gasteiger partial charge in [-0.1, -0.05) is 6.07 Å². The highest BCUT2D eigenvalue weighted by Crippen LogP contribution is 2.14. The minimum absolute atomic E-state index is 0.0408. The molecule has 0 saturated carbocycles. The van der Waals surface area contributed by atoms with E-state index in [2.05, 4.69) is 15.3 Å². The molecule has 0 spiro atoms. The number of hydrogen-bond donors (Lipinski definition) is 6. The van der Waals surface area contributed by atoms with E-state index in [4.69, 9.17) is 22.9 Å². The molecule has 0 aromatic heterocycles. The minimum Gasteiger partial charge on any atom is -0.370 e. The molecule has 162 valence electrons. The van der Waals surface area contributed by atoms with Gasteiger partial charge in [-0.25, -0.2) is 17.9 Å². The molecule has 0 unspecified atom stereocenters. The van der Waals surface area contributed by atoms with E-state index in [0.29, 0.717) is 0 Å². The fourth-order valence-corrected chi connectivity index (χ4v) is 3.12. The zero-order chi connectivity index (χ0) is 23.2. The molecular formula is C17H18N8O5S. The smallest absolute Gasteiger partial charge is 0.333 e. The fourth-order valence-electron chi connectivity index (χ4n) is 2.21. The quantitative estimate of drug-likeness (QED) is 0.244. The van der Waals surface area contributed by atoms with Crippen LogP contribution in [0.5, 0.6) is 0 Å². The minimum atomic E-state index is -4.27. The van der Waals surface area contributed by atoms with Crippen LogP contribution in [0.3, 0.4) is 0 Å². The van der Waals surface area contributed by atoms with E-state index in [1.807, 2.05) is 0 Å². The summed E-state index contributed by atoms with van der Waals surface area (Å²) in [6.45, 7) is 0. The number of nitrogens with two attached hydrogens (primary N) is 4. The van der Waals surface area contributed by atoms with Gasteiger partial charge in [-0.2, -0.15) is 9.98 Å². The summed E-state index contributed by atoms with van der Waals surface area (Å²) in [6, 6.07) is 8.98. The average Bonchev–Trinajstić information content (AvgIpc) is 2.66. The van der Waals surface area contributed by atoms with Gasteiger partial charge >= 0.3 is 6.03 Å². The monoisotopic (exact) mass is 446 g/mol. The van der Waals surface area contributed by atoms with E-state index in [9.17, 15) is 22.8 Å². The Hall–Kier alpha value is -4.46. The molecular weight excluding hydrogens is 428 g/mol. The second-order valence-corrected chi connectivity index (χ2v) is 7.53. The zero-order valence-electron chi connectivity index (χ0n) is 15.8. The lowest BCUT2D eigenvalue weighted by Gasteiger charge is -2.09. The number of nitrogens with one attached hydrogen (secondary N) is 2. The van der Waals surface area contributed by atoms with Crippen LogP contribution in [0, 0.1) is 0 Å². The summed E-state index contributed by atoms with van der Waals surface area (Å²) in [5.74, 6) is -2.38. The molecule has 13 nitrogen and oxygen atoms in total. The first-order chi connectivity index (χ1) is 14.5. The summed E-state index contributed by atoms with van der Waals surface area (Å²) in [6.07, 6.45) is 0. The number of anilines is 1. The van der Waals surface area contributed by atoms with Crippen LogP contribution in [0.15, 0.2) is 63.4 Å². The zero-order valence-corrected chi connectivity index (χ0v) is 16.6. The van der Waals surface area contributed by atoms with Gasteiger partial charge in [0, 0.05) is 16.8 Å². The average molecular weight is 446 g/mol. The number of carbonyl (C=O) groups is 3. The molecule has 2 aromatic rings. The molecule has 10 N–H and O–H groups in total. The molecule has 0 saturated heterocycles. The van der Waals surface area contributed by atoms with Gasteiger partial charge < -0.3 is 28.3 Å². The van der Waals surface area contributed by atoms with Crippen LogP contribution < -0.4 is 33.0 Å². The second kappa shape index (κ2) is 9.36. The summed E-state index contributed by atoms with van der Waals surface area (Å²) < 4.78 is 26.5. The van der Waals surface area contributed by atoms with E-state index in [0.717, 1.165) is 12.1 Å². The standard InChI is InChI=1S/C17H18N8O5S/c18-15(19)23-13(26)9-4-6-12(7-5-9)31(29,30)25-17(28)22-11-3-1-2-10(8-11)14(27)24-16(20)21/h1-8H,(H2,22,25,28)(H4,18,19,23,26)(H4,20,21,24,27). The van der Waals surface area contributed by atoms with E-state index >= 15 is 0 Å². The normalized spacial score (nSPS) is 10.5. The van der Waals surface area contributed by atoms with Gasteiger partial charge in [0.05, 0.1) is 4.90 Å². The lowest BCUT2D eigenvalue weighted by molar-refractivity contribution is 0.0994. The van der Waals surface area contributed by atoms with Crippen molar-refractivity contribution in [2.24, 2.45) is 32.9 Å². The summed E-state index contributed by atoms with van der Waals surface area (Å²) in [7, 11) is -4.27. The van der Waals surface area contributed by atoms with Crippen molar-refractivity contribution in [2.45, 2.75) is 4.90 Å². The molecule has 2 rings (SSSR count). The number of hydrogen-bond acceptors (Lipinski definition) is 5. The number of aliphatic imine (C=N–C) groups is 2. The van der Waals surface area contributed by atoms with Crippen molar-refractivity contribution < 1.29 is 22.8 Å². The van der Waals surface area contributed by atoms with Crippen LogP contribution in [-0.2, 0) is 10.0 Å². The largest absolute Gasteiger partial charge is 0.370 e. The molecule has 0 bridgehead atoms. The molecule has 0 aliphatic rings. The number of sulfonamides is 1. The van der Waals surface area contributed by atoms with Crippen LogP contribution in [0.2, 0.25) is 0 Å². The predicted octanol–water partition coefficient (Wildman–Crippen LogP) is -0.976. The van der Waals surface area contributed by atoms with Crippen molar-refractivity contribution in [3.05, 3.63) is 59.7 Å². The summed E-state index contributed by atoms with van der Waals surface area (Å²) in [5.41, 5.74) is 20.7. The maximum atomic E-state index is 12.4. The van der Waals surface area contributed by atoms with Crippen LogP contribution in [-0.4, -0.2) is 38.2 Å². The Balaban J connectivity index is 2.11. The Morgan fingerprint density at radius 2 is 1.32 bits per heavy atom. The van der Waals surface area contributed by atoms with Gasteiger partial charge in [-0.05, 0) is 42.5 Å². The third kappa shape index (κ3) is 6.53. The number of amides is 4. The highest BCUT2D eigenvalue weighted by atomic mass is 32.2. The van der Waals surface area contributed by atoms with Crippen molar-refractivity contribution >= 4 is 45.5 Å². The molecule has 4 amide bonds. The van der Waals surface area contributed by atoms with E-state index in [1.54, 1.807) is 4.72 Å². The molecule has 0 fully saturated rings. The predicted molar refractivity (Wildman–Crippen MR) is 113 cm³/mol. The molecule has 0 radical (unpaired) electrons. The number of benzene rings is 2. The molecule has 0 aliphatic carbocycles. The lowest BCUT2D eigenvalue weighted by Crippen LogP contribution is -2.34. The Labute approximate surface area is 176 Å². The van der Waals surface area contributed by atoms with Crippen molar-refractivity contribution in [1.29, 1.82) is 0 Å². The van der Waals surface area contributed by atoms with Gasteiger partial charge in [0.1, 0.15) is 0 Å². The Morgan fingerprint density at radius 1 is 0.774 bits per heavy atom. The first-order valence-electron chi connectivity index (χ1n) is 8.30. The van der Waals surface area contributed by atoms with Crippen molar-refractivity contribution in [2.75, 3.05) is 5.32 Å². The van der Waals surface area contributed by atoms with Crippen LogP contribution in [0.1, 0.15) is 20.7 Å². The van der Waals surface area contributed by atoms with Crippen molar-refractivity contribution in [3.63, 3.8) is 0 Å². The van der Waals surface area contributed by atoms with Crippen molar-refractivity contribution in [1.82, 2.24) is 4.72 Å². The third-order valence-electron chi connectivity index (χ3n) is 3.47. The Morgan fingerprint density at radius 3 is 1.87 bits per heavy atom. The van der Waals surface area contributed by atoms with E-state index < -0.39 is 39.8 Å². The Bertz CT molecular complexity index is 1180. The van der Waals surface area contributed by atoms with E-state index in [1.165, 1.54) is 36.4 Å². The maximum absolute atomic E-state index is 12.4. The number of guanidine groups is 2. The molecule has 0 heterocycles. The summed E-state index contributed by atoms with van der Waals surface area (Å²) in [5, 5.41) is 2.28. The first-order valence-corrected chi connectivity index (χ1v) is 9.78.